The van der Waals surface area contributed by atoms with Crippen LogP contribution in [0.25, 0.3) is 11.1 Å². The van der Waals surface area contributed by atoms with Crippen LogP contribution in [-0.2, 0) is 47.6 Å². The van der Waals surface area contributed by atoms with Crippen molar-refractivity contribution in [3.8, 4) is 17.2 Å². The monoisotopic (exact) mass is 662 g/mol. The smallest absolute Gasteiger partial charge is 0.340 e. The molecule has 13 nitrogen and oxygen atoms in total. The third-order valence-electron chi connectivity index (χ3n) is 6.60. The molecule has 0 N–H and O–H groups in total. The van der Waals surface area contributed by atoms with Crippen LogP contribution in [0.4, 0.5) is 0 Å². The average Bonchev–Trinajstić information content (AvgIpc) is 2.94. The SMILES string of the molecule is CCOC(=O)c1c(-c2ccc(Cl)cc2)c(C#N)c(=S)n([C@@H]2O[C@@H](COC(C)=O)[C@@H](OC(C)=O)[C@@H](OC(C)=O)[C@H]2OC(C)=O)c1C. The molecule has 0 amide bonds. The first-order valence-corrected chi connectivity index (χ1v) is 14.4. The fraction of sp³-hybridized carbons (Fsp3) is 0.433. The number of aromatic nitrogens is 1. The first kappa shape index (κ1) is 35.2. The molecule has 2 heterocycles. The zero-order chi connectivity index (χ0) is 33.6. The Labute approximate surface area is 268 Å². The molecule has 3 rings (SSSR count). The summed E-state index contributed by atoms with van der Waals surface area (Å²) >= 11 is 11.9. The normalized spacial score (nSPS) is 20.7. The van der Waals surface area contributed by atoms with Gasteiger partial charge in [-0.2, -0.15) is 5.26 Å². The standard InChI is InChI=1S/C30H31ClN2O11S/c1-7-39-30(38)23-14(2)33(29(45)21(12-32)24(23)19-8-10-20(31)11-9-19)28-27(43-18(6)37)26(42-17(5)36)25(41-16(4)35)22(44-28)13-40-15(3)34/h8-11,22,25-28H,7,13H2,1-6H3/t22-,25+,26+,27+,28+/m0/s1. The first-order chi connectivity index (χ1) is 21.2. The zero-order valence-corrected chi connectivity index (χ0v) is 26.9. The fourth-order valence-electron chi connectivity index (χ4n) is 4.99. The summed E-state index contributed by atoms with van der Waals surface area (Å²) in [4.78, 5) is 62.1. The molecule has 0 saturated carbocycles. The number of halogens is 1. The Morgan fingerprint density at radius 2 is 1.47 bits per heavy atom. The fourth-order valence-corrected chi connectivity index (χ4v) is 5.50. The van der Waals surface area contributed by atoms with Crippen molar-refractivity contribution in [3.63, 3.8) is 0 Å². The Kier molecular flexibility index (Phi) is 11.8. The van der Waals surface area contributed by atoms with Crippen LogP contribution >= 0.6 is 23.8 Å². The third kappa shape index (κ3) is 8.05. The molecule has 1 aliphatic heterocycles. The maximum atomic E-state index is 13.5. The van der Waals surface area contributed by atoms with Crippen molar-refractivity contribution in [1.82, 2.24) is 4.57 Å². The van der Waals surface area contributed by atoms with E-state index in [9.17, 15) is 29.2 Å². The van der Waals surface area contributed by atoms with E-state index >= 15 is 0 Å². The van der Waals surface area contributed by atoms with Crippen LogP contribution in [0.5, 0.6) is 0 Å². The van der Waals surface area contributed by atoms with Gasteiger partial charge in [-0.3, -0.25) is 19.2 Å². The number of nitrogens with zero attached hydrogens (tertiary/aromatic N) is 2. The topological polar surface area (TPSA) is 169 Å². The Bertz CT molecular complexity index is 1600. The van der Waals surface area contributed by atoms with Gasteiger partial charge >= 0.3 is 29.8 Å². The lowest BCUT2D eigenvalue weighted by Gasteiger charge is -2.45. The van der Waals surface area contributed by atoms with Crippen molar-refractivity contribution in [2.24, 2.45) is 0 Å². The van der Waals surface area contributed by atoms with E-state index in [1.54, 1.807) is 31.2 Å². The minimum absolute atomic E-state index is 0.00506. The summed E-state index contributed by atoms with van der Waals surface area (Å²) in [5, 5.41) is 10.8. The minimum atomic E-state index is -1.54. The molecular weight excluding hydrogens is 632 g/mol. The van der Waals surface area contributed by atoms with E-state index in [2.05, 4.69) is 6.07 Å². The molecule has 1 aliphatic rings. The summed E-state index contributed by atoms with van der Waals surface area (Å²) in [6.45, 7) is 7.05. The molecule has 5 atom stereocenters. The quantitative estimate of drug-likeness (QED) is 0.213. The Morgan fingerprint density at radius 1 is 0.911 bits per heavy atom. The van der Waals surface area contributed by atoms with E-state index < -0.39 is 67.1 Å². The summed E-state index contributed by atoms with van der Waals surface area (Å²) in [7, 11) is 0. The molecule has 1 aromatic carbocycles. The maximum absolute atomic E-state index is 13.5. The zero-order valence-electron chi connectivity index (χ0n) is 25.3. The third-order valence-corrected chi connectivity index (χ3v) is 7.25. The molecule has 2 aromatic rings. The number of benzene rings is 1. The molecule has 0 radical (unpaired) electrons. The predicted molar refractivity (Wildman–Crippen MR) is 158 cm³/mol. The summed E-state index contributed by atoms with van der Waals surface area (Å²) in [6.07, 6.45) is -7.28. The van der Waals surface area contributed by atoms with Gasteiger partial charge in [-0.1, -0.05) is 36.0 Å². The molecule has 15 heteroatoms. The summed E-state index contributed by atoms with van der Waals surface area (Å²) in [5.41, 5.74) is 0.535. The Morgan fingerprint density at radius 3 is 1.98 bits per heavy atom. The van der Waals surface area contributed by atoms with Crippen molar-refractivity contribution >= 4 is 53.7 Å². The van der Waals surface area contributed by atoms with Crippen LogP contribution in [0.15, 0.2) is 24.3 Å². The highest BCUT2D eigenvalue weighted by molar-refractivity contribution is 7.71. The van der Waals surface area contributed by atoms with Gasteiger partial charge in [-0.15, -0.1) is 0 Å². The molecule has 1 aromatic heterocycles. The molecule has 1 saturated heterocycles. The summed E-state index contributed by atoms with van der Waals surface area (Å²) in [5.74, 6) is -3.96. The highest BCUT2D eigenvalue weighted by Crippen LogP contribution is 2.39. The number of pyridine rings is 1. The van der Waals surface area contributed by atoms with Crippen LogP contribution in [0.2, 0.25) is 5.02 Å². The van der Waals surface area contributed by atoms with Crippen molar-refractivity contribution in [3.05, 3.63) is 50.7 Å². The molecule has 0 unspecified atom stereocenters. The molecule has 1 fully saturated rings. The lowest BCUT2D eigenvalue weighted by atomic mass is 9.93. The van der Waals surface area contributed by atoms with Gasteiger partial charge in [-0.05, 0) is 31.5 Å². The molecule has 0 aliphatic carbocycles. The van der Waals surface area contributed by atoms with Crippen molar-refractivity contribution < 1.29 is 52.4 Å². The number of hydrogen-bond donors (Lipinski definition) is 0. The van der Waals surface area contributed by atoms with Crippen LogP contribution in [0.3, 0.4) is 0 Å². The van der Waals surface area contributed by atoms with Gasteiger partial charge in [0.05, 0.1) is 17.7 Å². The van der Waals surface area contributed by atoms with E-state index in [1.165, 1.54) is 11.5 Å². The number of carbonyl (C=O) groups is 5. The van der Waals surface area contributed by atoms with Gasteiger partial charge in [-0.25, -0.2) is 4.79 Å². The second-order valence-electron chi connectivity index (χ2n) is 9.81. The number of hydrogen-bond acceptors (Lipinski definition) is 13. The summed E-state index contributed by atoms with van der Waals surface area (Å²) in [6, 6.07) is 8.41. The van der Waals surface area contributed by atoms with E-state index in [1.807, 2.05) is 0 Å². The Hall–Kier alpha value is -4.32. The van der Waals surface area contributed by atoms with Crippen molar-refractivity contribution in [1.29, 1.82) is 5.26 Å². The maximum Gasteiger partial charge on any atom is 0.340 e. The van der Waals surface area contributed by atoms with Crippen LogP contribution in [-0.4, -0.2) is 72.0 Å². The lowest BCUT2D eigenvalue weighted by Crippen LogP contribution is -2.60. The van der Waals surface area contributed by atoms with Gasteiger partial charge < -0.3 is 33.0 Å². The number of esters is 5. The molecule has 0 spiro atoms. The van der Waals surface area contributed by atoms with Crippen LogP contribution < -0.4 is 0 Å². The molecule has 240 valence electrons. The average molecular weight is 663 g/mol. The largest absolute Gasteiger partial charge is 0.463 e. The molecule has 45 heavy (non-hydrogen) atoms. The lowest BCUT2D eigenvalue weighted by molar-refractivity contribution is -0.269. The molecular formula is C30H31ClN2O11S. The van der Waals surface area contributed by atoms with Gasteiger partial charge in [0, 0.05) is 44.0 Å². The van der Waals surface area contributed by atoms with Crippen LogP contribution in [0, 0.1) is 22.9 Å². The number of rotatable bonds is 9. The van der Waals surface area contributed by atoms with E-state index in [0.29, 0.717) is 10.6 Å². The second kappa shape index (κ2) is 15.1. The van der Waals surface area contributed by atoms with E-state index in [0.717, 1.165) is 27.7 Å². The highest BCUT2D eigenvalue weighted by atomic mass is 35.5. The first-order valence-electron chi connectivity index (χ1n) is 13.6. The van der Waals surface area contributed by atoms with Gasteiger partial charge in [0.2, 0.25) is 0 Å². The second-order valence-corrected chi connectivity index (χ2v) is 10.6. The van der Waals surface area contributed by atoms with Gasteiger partial charge in [0.1, 0.15) is 23.4 Å². The van der Waals surface area contributed by atoms with Gasteiger partial charge in [0.25, 0.3) is 0 Å². The van der Waals surface area contributed by atoms with Crippen LogP contribution in [0.1, 0.15) is 62.5 Å². The number of carbonyl (C=O) groups excluding carboxylic acids is 5. The van der Waals surface area contributed by atoms with Crippen molar-refractivity contribution in [2.75, 3.05) is 13.2 Å². The number of nitriles is 1. The summed E-state index contributed by atoms with van der Waals surface area (Å²) < 4.78 is 34.5. The van der Waals surface area contributed by atoms with Crippen molar-refractivity contribution in [2.45, 2.75) is 72.2 Å². The molecule has 0 bridgehead atoms. The highest BCUT2D eigenvalue weighted by Gasteiger charge is 2.53. The van der Waals surface area contributed by atoms with Gasteiger partial charge in [0.15, 0.2) is 24.5 Å². The number of ether oxygens (including phenoxy) is 6. The predicted octanol–water partition coefficient (Wildman–Crippen LogP) is 4.15. The van der Waals surface area contributed by atoms with E-state index in [-0.39, 0.29) is 33.6 Å². The Balaban J connectivity index is 2.43. The minimum Gasteiger partial charge on any atom is -0.463 e. The van der Waals surface area contributed by atoms with E-state index in [4.69, 9.17) is 52.2 Å².